The Morgan fingerprint density at radius 2 is 2.08 bits per heavy atom. The Balaban J connectivity index is 0.00000576. The summed E-state index contributed by atoms with van der Waals surface area (Å²) in [7, 11) is 3.55. The quantitative estimate of drug-likeness (QED) is 0.217. The van der Waals surface area contributed by atoms with E-state index in [4.69, 9.17) is 14.2 Å². The molecule has 0 bridgehead atoms. The van der Waals surface area contributed by atoms with Crippen molar-refractivity contribution in [1.29, 1.82) is 0 Å². The average Bonchev–Trinajstić information content (AvgIpc) is 3.03. The number of ether oxygens (including phenoxy) is 3. The summed E-state index contributed by atoms with van der Waals surface area (Å²) in [6, 6.07) is 0. The Hall–Kier alpha value is -0.120. The highest BCUT2D eigenvalue weighted by Crippen LogP contribution is 2.17. The molecular weight excluding hydrogens is 433 g/mol. The molecule has 0 amide bonds. The zero-order valence-corrected chi connectivity index (χ0v) is 19.0. The zero-order valence-electron chi connectivity index (χ0n) is 16.6. The lowest BCUT2D eigenvalue weighted by Gasteiger charge is -2.24. The monoisotopic (exact) mass is 471 g/mol. The SMILES string of the molecule is CCOC(CCNC(=NC)N1CCC(COCCOC)C1)C(C)C.I. The molecule has 2 unspecified atom stereocenters. The maximum Gasteiger partial charge on any atom is 0.193 e. The highest BCUT2D eigenvalue weighted by molar-refractivity contribution is 14.0. The molecule has 0 saturated carbocycles. The van der Waals surface area contributed by atoms with Gasteiger partial charge in [0, 0.05) is 46.3 Å². The minimum absolute atomic E-state index is 0. The minimum Gasteiger partial charge on any atom is -0.382 e. The second kappa shape index (κ2) is 15.0. The Labute approximate surface area is 171 Å². The van der Waals surface area contributed by atoms with Crippen molar-refractivity contribution < 1.29 is 14.2 Å². The number of hydrogen-bond donors (Lipinski definition) is 1. The van der Waals surface area contributed by atoms with Crippen molar-refractivity contribution in [2.24, 2.45) is 16.8 Å². The standard InChI is InChI=1S/C18H37N3O3.HI/c1-6-24-17(15(2)3)7-9-20-18(19-4)21-10-8-16(13-21)14-23-12-11-22-5;/h15-17H,6-14H2,1-5H3,(H,19,20);1H. The van der Waals surface area contributed by atoms with Gasteiger partial charge in [0.1, 0.15) is 0 Å². The highest BCUT2D eigenvalue weighted by Gasteiger charge is 2.25. The average molecular weight is 471 g/mol. The number of likely N-dealkylation sites (tertiary alicyclic amines) is 1. The largest absolute Gasteiger partial charge is 0.382 e. The van der Waals surface area contributed by atoms with Crippen LogP contribution < -0.4 is 5.32 Å². The summed E-state index contributed by atoms with van der Waals surface area (Å²) in [6.45, 7) is 12.3. The lowest BCUT2D eigenvalue weighted by molar-refractivity contribution is 0.0257. The molecule has 1 fully saturated rings. The van der Waals surface area contributed by atoms with Gasteiger partial charge in [0.15, 0.2) is 5.96 Å². The summed E-state index contributed by atoms with van der Waals surface area (Å²) in [4.78, 5) is 6.76. The van der Waals surface area contributed by atoms with Gasteiger partial charge in [-0.1, -0.05) is 13.8 Å². The van der Waals surface area contributed by atoms with Gasteiger partial charge in [0.05, 0.1) is 25.9 Å². The highest BCUT2D eigenvalue weighted by atomic mass is 127. The molecule has 1 rings (SSSR count). The molecule has 6 nitrogen and oxygen atoms in total. The summed E-state index contributed by atoms with van der Waals surface area (Å²) in [5.41, 5.74) is 0. The van der Waals surface area contributed by atoms with E-state index < -0.39 is 0 Å². The van der Waals surface area contributed by atoms with Gasteiger partial charge in [-0.15, -0.1) is 24.0 Å². The minimum atomic E-state index is 0. The lowest BCUT2D eigenvalue weighted by atomic mass is 10.0. The van der Waals surface area contributed by atoms with Crippen LogP contribution in [0.25, 0.3) is 0 Å². The second-order valence-corrected chi connectivity index (χ2v) is 6.67. The number of nitrogens with zero attached hydrogens (tertiary/aromatic N) is 2. The third kappa shape index (κ3) is 9.96. The van der Waals surface area contributed by atoms with Crippen molar-refractivity contribution >= 4 is 29.9 Å². The molecule has 0 aliphatic carbocycles. The summed E-state index contributed by atoms with van der Waals surface area (Å²) in [6.07, 6.45) is 2.46. The molecule has 150 valence electrons. The van der Waals surface area contributed by atoms with Gasteiger partial charge in [-0.05, 0) is 25.7 Å². The van der Waals surface area contributed by atoms with Crippen LogP contribution in [-0.2, 0) is 14.2 Å². The van der Waals surface area contributed by atoms with Gasteiger partial charge in [-0.2, -0.15) is 0 Å². The van der Waals surface area contributed by atoms with E-state index in [2.05, 4.69) is 36.0 Å². The van der Waals surface area contributed by atoms with Crippen LogP contribution in [0.4, 0.5) is 0 Å². The molecule has 0 aromatic heterocycles. The number of halogens is 1. The first-order valence-electron chi connectivity index (χ1n) is 9.26. The Morgan fingerprint density at radius 1 is 1.32 bits per heavy atom. The number of nitrogens with one attached hydrogen (secondary N) is 1. The van der Waals surface area contributed by atoms with E-state index in [1.165, 1.54) is 0 Å². The van der Waals surface area contributed by atoms with Crippen LogP contribution in [0.15, 0.2) is 4.99 Å². The van der Waals surface area contributed by atoms with Crippen molar-refractivity contribution in [3.05, 3.63) is 0 Å². The lowest BCUT2D eigenvalue weighted by Crippen LogP contribution is -2.41. The fraction of sp³-hybridized carbons (Fsp3) is 0.944. The van der Waals surface area contributed by atoms with E-state index in [0.717, 1.165) is 51.6 Å². The molecule has 25 heavy (non-hydrogen) atoms. The second-order valence-electron chi connectivity index (χ2n) is 6.67. The summed E-state index contributed by atoms with van der Waals surface area (Å²) in [5.74, 6) is 2.11. The molecule has 1 saturated heterocycles. The van der Waals surface area contributed by atoms with Crippen molar-refractivity contribution in [3.63, 3.8) is 0 Å². The molecule has 0 radical (unpaired) electrons. The summed E-state index contributed by atoms with van der Waals surface area (Å²) >= 11 is 0. The van der Waals surface area contributed by atoms with Crippen molar-refractivity contribution in [2.45, 2.75) is 39.7 Å². The number of aliphatic imine (C=N–C) groups is 1. The first-order chi connectivity index (χ1) is 11.6. The smallest absolute Gasteiger partial charge is 0.193 e. The normalized spacial score (nSPS) is 19.2. The van der Waals surface area contributed by atoms with Crippen LogP contribution in [0.2, 0.25) is 0 Å². The maximum atomic E-state index is 5.81. The van der Waals surface area contributed by atoms with Gasteiger partial charge in [-0.3, -0.25) is 4.99 Å². The molecule has 1 N–H and O–H groups in total. The number of guanidine groups is 1. The van der Waals surface area contributed by atoms with E-state index in [1.54, 1.807) is 7.11 Å². The maximum absolute atomic E-state index is 5.81. The van der Waals surface area contributed by atoms with Gasteiger partial charge in [0.25, 0.3) is 0 Å². The third-order valence-electron chi connectivity index (χ3n) is 4.42. The van der Waals surface area contributed by atoms with Gasteiger partial charge in [0.2, 0.25) is 0 Å². The van der Waals surface area contributed by atoms with Crippen molar-refractivity contribution in [1.82, 2.24) is 10.2 Å². The van der Waals surface area contributed by atoms with E-state index in [1.807, 2.05) is 7.05 Å². The fourth-order valence-electron chi connectivity index (χ4n) is 3.04. The van der Waals surface area contributed by atoms with Crippen LogP contribution >= 0.6 is 24.0 Å². The molecule has 0 spiro atoms. The van der Waals surface area contributed by atoms with Gasteiger partial charge < -0.3 is 24.4 Å². The third-order valence-corrected chi connectivity index (χ3v) is 4.42. The van der Waals surface area contributed by atoms with E-state index >= 15 is 0 Å². The zero-order chi connectivity index (χ0) is 17.8. The fourth-order valence-corrected chi connectivity index (χ4v) is 3.04. The Kier molecular flexibility index (Phi) is 14.9. The Morgan fingerprint density at radius 3 is 2.68 bits per heavy atom. The molecule has 0 aromatic rings. The van der Waals surface area contributed by atoms with Gasteiger partial charge >= 0.3 is 0 Å². The van der Waals surface area contributed by atoms with E-state index in [9.17, 15) is 0 Å². The number of rotatable bonds is 11. The van der Waals surface area contributed by atoms with Crippen molar-refractivity contribution in [3.8, 4) is 0 Å². The first kappa shape index (κ1) is 24.9. The van der Waals surface area contributed by atoms with Crippen LogP contribution in [-0.4, -0.2) is 77.2 Å². The first-order valence-corrected chi connectivity index (χ1v) is 9.26. The molecule has 1 heterocycles. The summed E-state index contributed by atoms with van der Waals surface area (Å²) < 4.78 is 16.5. The molecule has 2 atom stereocenters. The molecule has 0 aromatic carbocycles. The number of methoxy groups -OCH3 is 1. The molecular formula is C18H38IN3O3. The predicted octanol–water partition coefficient (Wildman–Crippen LogP) is 2.62. The van der Waals surface area contributed by atoms with Gasteiger partial charge in [-0.25, -0.2) is 0 Å². The topological polar surface area (TPSA) is 55.3 Å². The predicted molar refractivity (Wildman–Crippen MR) is 114 cm³/mol. The van der Waals surface area contributed by atoms with Crippen LogP contribution in [0.3, 0.4) is 0 Å². The van der Waals surface area contributed by atoms with Crippen LogP contribution in [0.5, 0.6) is 0 Å². The molecule has 1 aliphatic rings. The van der Waals surface area contributed by atoms with E-state index in [-0.39, 0.29) is 24.0 Å². The Bertz CT molecular complexity index is 356. The number of hydrogen-bond acceptors (Lipinski definition) is 4. The van der Waals surface area contributed by atoms with Crippen LogP contribution in [0, 0.1) is 11.8 Å². The summed E-state index contributed by atoms with van der Waals surface area (Å²) in [5, 5.41) is 3.49. The van der Waals surface area contributed by atoms with E-state index in [0.29, 0.717) is 31.2 Å². The molecule has 1 aliphatic heterocycles. The molecule has 7 heteroatoms. The van der Waals surface area contributed by atoms with Crippen molar-refractivity contribution in [2.75, 3.05) is 60.2 Å². The van der Waals surface area contributed by atoms with Crippen LogP contribution in [0.1, 0.15) is 33.6 Å².